The van der Waals surface area contributed by atoms with Crippen molar-refractivity contribution in [3.8, 4) is 0 Å². The van der Waals surface area contributed by atoms with Crippen LogP contribution in [0.25, 0.3) is 0 Å². The number of hydrogen-bond acceptors (Lipinski definition) is 7. The molecule has 0 N–H and O–H groups in total. The Morgan fingerprint density at radius 2 is 1.33 bits per heavy atom. The second kappa shape index (κ2) is 9.15. The second-order valence-electron chi connectivity index (χ2n) is 3.43. The first kappa shape index (κ1) is 16.1. The Labute approximate surface area is 104 Å². The highest BCUT2D eigenvalue weighted by Gasteiger charge is 2.13. The molecule has 0 aliphatic heterocycles. The predicted molar refractivity (Wildman–Crippen MR) is 58.2 cm³/mol. The summed E-state index contributed by atoms with van der Waals surface area (Å²) >= 11 is 0. The Hall–Kier alpha value is -1.92. The highest BCUT2D eigenvalue weighted by molar-refractivity contribution is 5.94. The first-order valence-electron chi connectivity index (χ1n) is 5.42. The van der Waals surface area contributed by atoms with Gasteiger partial charge in [-0.3, -0.25) is 19.2 Å². The van der Waals surface area contributed by atoms with Crippen molar-refractivity contribution in [1.82, 2.24) is 0 Å². The lowest BCUT2D eigenvalue weighted by atomic mass is 10.3. The Kier molecular flexibility index (Phi) is 8.17. The first-order valence-corrected chi connectivity index (χ1v) is 5.42. The molecule has 0 aromatic carbocycles. The van der Waals surface area contributed by atoms with Crippen molar-refractivity contribution in [1.29, 1.82) is 0 Å². The summed E-state index contributed by atoms with van der Waals surface area (Å²) in [5.41, 5.74) is 0. The molecule has 7 heteroatoms. The smallest absolute Gasteiger partial charge is 0.320 e. The zero-order valence-corrected chi connectivity index (χ0v) is 10.4. The summed E-state index contributed by atoms with van der Waals surface area (Å²) < 4.78 is 13.5. The third kappa shape index (κ3) is 9.32. The number of Topliss-reactive ketones (excluding diaryl/α,β-unsaturated/α-hetero) is 1. The number of rotatable bonds is 8. The molecule has 0 spiro atoms. The molecule has 0 rings (SSSR count). The number of ether oxygens (including phenoxy) is 3. The van der Waals surface area contributed by atoms with Crippen LogP contribution in [0, 0.1) is 0 Å². The fourth-order valence-electron chi connectivity index (χ4n) is 0.851. The molecule has 7 nitrogen and oxygen atoms in total. The van der Waals surface area contributed by atoms with Crippen molar-refractivity contribution in [2.75, 3.05) is 13.4 Å². The van der Waals surface area contributed by atoms with Crippen molar-refractivity contribution in [3.05, 3.63) is 0 Å². The molecule has 0 bridgehead atoms. The van der Waals surface area contributed by atoms with Gasteiger partial charge in [-0.2, -0.15) is 0 Å². The van der Waals surface area contributed by atoms with Gasteiger partial charge in [0.1, 0.15) is 18.6 Å². The SMILES string of the molecule is CCCOC(=O)CC(=O)OCOC(=O)CC(C)=O. The lowest BCUT2D eigenvalue weighted by Gasteiger charge is -2.05. The van der Waals surface area contributed by atoms with Crippen LogP contribution in [0.3, 0.4) is 0 Å². The molecule has 0 atom stereocenters. The van der Waals surface area contributed by atoms with Crippen LogP contribution < -0.4 is 0 Å². The van der Waals surface area contributed by atoms with Gasteiger partial charge in [-0.25, -0.2) is 0 Å². The van der Waals surface area contributed by atoms with E-state index in [0.29, 0.717) is 6.42 Å². The molecular weight excluding hydrogens is 244 g/mol. The van der Waals surface area contributed by atoms with Crippen LogP contribution in [0.1, 0.15) is 33.1 Å². The Morgan fingerprint density at radius 3 is 1.83 bits per heavy atom. The predicted octanol–water partition coefficient (Wildman–Crippen LogP) is 0.353. The highest BCUT2D eigenvalue weighted by Crippen LogP contribution is 1.94. The molecule has 0 aliphatic carbocycles. The zero-order valence-electron chi connectivity index (χ0n) is 10.4. The van der Waals surface area contributed by atoms with Crippen LogP contribution in [0.5, 0.6) is 0 Å². The Morgan fingerprint density at radius 1 is 0.833 bits per heavy atom. The van der Waals surface area contributed by atoms with E-state index >= 15 is 0 Å². The van der Waals surface area contributed by atoms with Crippen molar-refractivity contribution >= 4 is 23.7 Å². The fourth-order valence-corrected chi connectivity index (χ4v) is 0.851. The van der Waals surface area contributed by atoms with E-state index in [1.54, 1.807) is 0 Å². The normalized spacial score (nSPS) is 9.44. The summed E-state index contributed by atoms with van der Waals surface area (Å²) in [5.74, 6) is -2.69. The van der Waals surface area contributed by atoms with Crippen LogP contribution >= 0.6 is 0 Å². The van der Waals surface area contributed by atoms with Gasteiger partial charge in [-0.15, -0.1) is 0 Å². The number of esters is 3. The number of carbonyl (C=O) groups excluding carboxylic acids is 4. The molecular formula is C11H16O7. The summed E-state index contributed by atoms with van der Waals surface area (Å²) in [4.78, 5) is 43.4. The first-order chi connectivity index (χ1) is 8.45. The molecule has 102 valence electrons. The van der Waals surface area contributed by atoms with Crippen molar-refractivity contribution in [2.24, 2.45) is 0 Å². The minimum absolute atomic E-state index is 0.236. The second-order valence-corrected chi connectivity index (χ2v) is 3.43. The molecule has 0 aliphatic rings. The molecule has 0 aromatic heterocycles. The Balaban J connectivity index is 3.67. The molecule has 0 fully saturated rings. The van der Waals surface area contributed by atoms with Crippen molar-refractivity contribution < 1.29 is 33.4 Å². The maximum absolute atomic E-state index is 11.0. The molecule has 0 saturated carbocycles. The lowest BCUT2D eigenvalue weighted by molar-refractivity contribution is -0.169. The van der Waals surface area contributed by atoms with Gasteiger partial charge < -0.3 is 14.2 Å². The Bertz CT molecular complexity index is 321. The average molecular weight is 260 g/mol. The standard InChI is InChI=1S/C11H16O7/c1-3-4-16-10(14)6-11(15)18-7-17-9(13)5-8(2)12/h3-7H2,1-2H3. The minimum atomic E-state index is -0.855. The number of ketones is 1. The molecule has 18 heavy (non-hydrogen) atoms. The van der Waals surface area contributed by atoms with Crippen LogP contribution in [0.2, 0.25) is 0 Å². The largest absolute Gasteiger partial charge is 0.465 e. The highest BCUT2D eigenvalue weighted by atomic mass is 16.7. The van der Waals surface area contributed by atoms with E-state index in [9.17, 15) is 19.2 Å². The number of carbonyl (C=O) groups is 4. The summed E-state index contributed by atoms with van der Waals surface area (Å²) in [6.07, 6.45) is -0.260. The van der Waals surface area contributed by atoms with Crippen molar-refractivity contribution in [3.63, 3.8) is 0 Å². The molecule has 0 amide bonds. The van der Waals surface area contributed by atoms with Gasteiger partial charge in [-0.1, -0.05) is 6.92 Å². The average Bonchev–Trinajstić information content (AvgIpc) is 2.25. The quantitative estimate of drug-likeness (QED) is 0.353. The van der Waals surface area contributed by atoms with Gasteiger partial charge in [0.05, 0.1) is 6.61 Å². The summed E-state index contributed by atoms with van der Waals surface area (Å²) in [5, 5.41) is 0. The minimum Gasteiger partial charge on any atom is -0.465 e. The van der Waals surface area contributed by atoms with Gasteiger partial charge in [0.25, 0.3) is 0 Å². The molecule has 0 heterocycles. The fraction of sp³-hybridized carbons (Fsp3) is 0.636. The molecule has 0 radical (unpaired) electrons. The maximum Gasteiger partial charge on any atom is 0.320 e. The van der Waals surface area contributed by atoms with Crippen LogP contribution in [-0.4, -0.2) is 37.1 Å². The van der Waals surface area contributed by atoms with Gasteiger partial charge in [0.2, 0.25) is 6.79 Å². The maximum atomic E-state index is 11.0. The van der Waals surface area contributed by atoms with E-state index in [-0.39, 0.29) is 18.8 Å². The van der Waals surface area contributed by atoms with Gasteiger partial charge in [0, 0.05) is 0 Å². The summed E-state index contributed by atoms with van der Waals surface area (Å²) in [7, 11) is 0. The third-order valence-electron chi connectivity index (χ3n) is 1.59. The number of hydrogen-bond donors (Lipinski definition) is 0. The monoisotopic (exact) mass is 260 g/mol. The summed E-state index contributed by atoms with van der Waals surface area (Å²) in [6, 6.07) is 0. The molecule has 0 unspecified atom stereocenters. The van der Waals surface area contributed by atoms with E-state index in [1.807, 2.05) is 6.92 Å². The van der Waals surface area contributed by atoms with Crippen LogP contribution in [0.4, 0.5) is 0 Å². The van der Waals surface area contributed by atoms with Gasteiger partial charge in [-0.05, 0) is 13.3 Å². The van der Waals surface area contributed by atoms with E-state index in [2.05, 4.69) is 14.2 Å². The van der Waals surface area contributed by atoms with Crippen LogP contribution in [-0.2, 0) is 33.4 Å². The van der Waals surface area contributed by atoms with Crippen LogP contribution in [0.15, 0.2) is 0 Å². The van der Waals surface area contributed by atoms with E-state index in [1.165, 1.54) is 6.92 Å². The third-order valence-corrected chi connectivity index (χ3v) is 1.59. The zero-order chi connectivity index (χ0) is 14.0. The molecule has 0 saturated heterocycles. The topological polar surface area (TPSA) is 96.0 Å². The van der Waals surface area contributed by atoms with Crippen molar-refractivity contribution in [2.45, 2.75) is 33.1 Å². The molecule has 0 aromatic rings. The van der Waals surface area contributed by atoms with Gasteiger partial charge >= 0.3 is 17.9 Å². The summed E-state index contributed by atoms with van der Waals surface area (Å²) in [6.45, 7) is 2.67. The van der Waals surface area contributed by atoms with Gasteiger partial charge in [0.15, 0.2) is 0 Å². The van der Waals surface area contributed by atoms with E-state index in [4.69, 9.17) is 0 Å². The van der Waals surface area contributed by atoms with E-state index < -0.39 is 31.1 Å². The lowest BCUT2D eigenvalue weighted by Crippen LogP contribution is -2.18. The van der Waals surface area contributed by atoms with E-state index in [0.717, 1.165) is 0 Å².